The fraction of sp³-hybridized carbons (Fsp3) is 0.250. The number of hydrogen-bond acceptors (Lipinski definition) is 3. The second-order valence-electron chi connectivity index (χ2n) is 5.14. The van der Waals surface area contributed by atoms with Crippen molar-refractivity contribution in [2.75, 3.05) is 5.32 Å². The van der Waals surface area contributed by atoms with Crippen molar-refractivity contribution >= 4 is 17.6 Å². The van der Waals surface area contributed by atoms with Crippen molar-refractivity contribution in [1.82, 2.24) is 0 Å². The van der Waals surface area contributed by atoms with E-state index in [1.54, 1.807) is 18.2 Å². The summed E-state index contributed by atoms with van der Waals surface area (Å²) in [4.78, 5) is 22.6. The molecule has 0 atom stereocenters. The van der Waals surface area contributed by atoms with Crippen LogP contribution >= 0.6 is 0 Å². The topological polar surface area (TPSA) is 79.5 Å². The molecular formula is C16H17NO4. The van der Waals surface area contributed by atoms with Gasteiger partial charge in [0, 0.05) is 17.2 Å². The van der Waals surface area contributed by atoms with Crippen LogP contribution in [-0.2, 0) is 4.79 Å². The van der Waals surface area contributed by atoms with E-state index >= 15 is 0 Å². The zero-order valence-corrected chi connectivity index (χ0v) is 12.1. The van der Waals surface area contributed by atoms with E-state index in [4.69, 9.17) is 9.52 Å². The number of rotatable bonds is 4. The lowest BCUT2D eigenvalue weighted by atomic mass is 10.1. The number of carbonyl (C=O) groups is 2. The lowest BCUT2D eigenvalue weighted by Gasteiger charge is -2.10. The summed E-state index contributed by atoms with van der Waals surface area (Å²) >= 11 is 0. The number of aryl methyl sites for hydroxylation is 1. The average Bonchev–Trinajstić information content (AvgIpc) is 2.90. The largest absolute Gasteiger partial charge is 0.475 e. The van der Waals surface area contributed by atoms with Crippen LogP contribution in [0.1, 0.15) is 30.0 Å². The van der Waals surface area contributed by atoms with E-state index in [2.05, 4.69) is 5.32 Å². The van der Waals surface area contributed by atoms with E-state index in [0.29, 0.717) is 11.4 Å². The summed E-state index contributed by atoms with van der Waals surface area (Å²) < 4.78 is 5.31. The summed E-state index contributed by atoms with van der Waals surface area (Å²) in [5.41, 5.74) is 2.34. The van der Waals surface area contributed by atoms with Gasteiger partial charge in [-0.25, -0.2) is 4.79 Å². The Balaban J connectivity index is 2.34. The summed E-state index contributed by atoms with van der Waals surface area (Å²) in [6.45, 7) is 5.53. The fourth-order valence-corrected chi connectivity index (χ4v) is 1.85. The number of carboxylic acid groups (broad SMARTS) is 1. The normalized spacial score (nSPS) is 10.7. The monoisotopic (exact) mass is 287 g/mol. The van der Waals surface area contributed by atoms with Crippen molar-refractivity contribution in [3.63, 3.8) is 0 Å². The van der Waals surface area contributed by atoms with E-state index < -0.39 is 5.97 Å². The smallest absolute Gasteiger partial charge is 0.371 e. The van der Waals surface area contributed by atoms with Crippen LogP contribution in [0, 0.1) is 12.8 Å². The Morgan fingerprint density at radius 2 is 1.90 bits per heavy atom. The molecule has 2 aromatic rings. The van der Waals surface area contributed by atoms with Crippen LogP contribution in [0.25, 0.3) is 11.3 Å². The maximum atomic E-state index is 11.7. The highest BCUT2D eigenvalue weighted by atomic mass is 16.4. The summed E-state index contributed by atoms with van der Waals surface area (Å²) in [7, 11) is 0. The van der Waals surface area contributed by atoms with E-state index in [-0.39, 0.29) is 17.6 Å². The molecule has 1 amide bonds. The van der Waals surface area contributed by atoms with Crippen LogP contribution in [0.3, 0.4) is 0 Å². The van der Waals surface area contributed by atoms with Crippen molar-refractivity contribution in [2.45, 2.75) is 20.8 Å². The lowest BCUT2D eigenvalue weighted by molar-refractivity contribution is -0.118. The Labute approximate surface area is 122 Å². The Kier molecular flexibility index (Phi) is 4.12. The molecule has 0 spiro atoms. The van der Waals surface area contributed by atoms with Crippen LogP contribution in [0.5, 0.6) is 0 Å². The molecular weight excluding hydrogens is 270 g/mol. The van der Waals surface area contributed by atoms with E-state index in [9.17, 15) is 9.59 Å². The third-order valence-corrected chi connectivity index (χ3v) is 3.11. The molecule has 0 saturated heterocycles. The predicted molar refractivity (Wildman–Crippen MR) is 79.3 cm³/mol. The van der Waals surface area contributed by atoms with E-state index in [1.165, 1.54) is 6.07 Å². The van der Waals surface area contributed by atoms with E-state index in [1.807, 2.05) is 26.8 Å². The number of aromatic carboxylic acids is 1. The zero-order valence-electron chi connectivity index (χ0n) is 12.1. The molecule has 1 heterocycles. The van der Waals surface area contributed by atoms with Gasteiger partial charge in [-0.1, -0.05) is 19.9 Å². The Hall–Kier alpha value is -2.56. The highest BCUT2D eigenvalue weighted by Gasteiger charge is 2.13. The molecule has 0 saturated carbocycles. The van der Waals surface area contributed by atoms with Gasteiger partial charge in [-0.2, -0.15) is 0 Å². The molecule has 0 aliphatic heterocycles. The van der Waals surface area contributed by atoms with Crippen molar-refractivity contribution in [3.05, 3.63) is 41.7 Å². The molecule has 1 aromatic carbocycles. The molecule has 0 radical (unpaired) electrons. The molecule has 0 aliphatic carbocycles. The molecule has 5 heteroatoms. The van der Waals surface area contributed by atoms with Gasteiger partial charge in [-0.15, -0.1) is 0 Å². The maximum Gasteiger partial charge on any atom is 0.371 e. The van der Waals surface area contributed by atoms with E-state index in [0.717, 1.165) is 11.1 Å². The number of amides is 1. The first-order chi connectivity index (χ1) is 9.88. The van der Waals surface area contributed by atoms with Crippen molar-refractivity contribution in [2.24, 2.45) is 5.92 Å². The second-order valence-corrected chi connectivity index (χ2v) is 5.14. The van der Waals surface area contributed by atoms with Crippen molar-refractivity contribution in [3.8, 4) is 11.3 Å². The van der Waals surface area contributed by atoms with Gasteiger partial charge in [-0.05, 0) is 36.8 Å². The Morgan fingerprint density at radius 1 is 1.19 bits per heavy atom. The van der Waals surface area contributed by atoms with Crippen LogP contribution in [0.15, 0.2) is 34.7 Å². The van der Waals surface area contributed by atoms with Crippen molar-refractivity contribution < 1.29 is 19.1 Å². The highest BCUT2D eigenvalue weighted by molar-refractivity contribution is 5.93. The third-order valence-electron chi connectivity index (χ3n) is 3.11. The SMILES string of the molecule is Cc1ccc(NC(=O)C(C)C)cc1-c1ccc(C(=O)O)o1. The van der Waals surface area contributed by atoms with Gasteiger partial charge >= 0.3 is 5.97 Å². The minimum Gasteiger partial charge on any atom is -0.475 e. The number of hydrogen-bond donors (Lipinski definition) is 2. The number of nitrogens with one attached hydrogen (secondary N) is 1. The lowest BCUT2D eigenvalue weighted by Crippen LogP contribution is -2.17. The van der Waals surface area contributed by atoms with Gasteiger partial charge in [0.05, 0.1) is 0 Å². The fourth-order valence-electron chi connectivity index (χ4n) is 1.85. The summed E-state index contributed by atoms with van der Waals surface area (Å²) in [5.74, 6) is -0.942. The van der Waals surface area contributed by atoms with Crippen LogP contribution in [-0.4, -0.2) is 17.0 Å². The molecule has 2 rings (SSSR count). The zero-order chi connectivity index (χ0) is 15.6. The van der Waals surface area contributed by atoms with Gasteiger partial charge in [0.25, 0.3) is 0 Å². The summed E-state index contributed by atoms with van der Waals surface area (Å²) in [6.07, 6.45) is 0. The standard InChI is InChI=1S/C16H17NO4/c1-9(2)15(18)17-11-5-4-10(3)12(8-11)13-6-7-14(21-13)16(19)20/h4-9H,1-3H3,(H,17,18)(H,19,20). The van der Waals surface area contributed by atoms with Gasteiger partial charge < -0.3 is 14.8 Å². The van der Waals surface area contributed by atoms with Crippen LogP contribution in [0.2, 0.25) is 0 Å². The molecule has 0 unspecified atom stereocenters. The first-order valence-corrected chi connectivity index (χ1v) is 6.63. The van der Waals surface area contributed by atoms with Gasteiger partial charge in [0.2, 0.25) is 11.7 Å². The summed E-state index contributed by atoms with van der Waals surface area (Å²) in [6, 6.07) is 8.46. The summed E-state index contributed by atoms with van der Waals surface area (Å²) in [5, 5.41) is 11.7. The number of furan rings is 1. The molecule has 5 nitrogen and oxygen atoms in total. The molecule has 21 heavy (non-hydrogen) atoms. The molecule has 0 bridgehead atoms. The average molecular weight is 287 g/mol. The highest BCUT2D eigenvalue weighted by Crippen LogP contribution is 2.28. The third kappa shape index (κ3) is 3.31. The van der Waals surface area contributed by atoms with Crippen LogP contribution in [0.4, 0.5) is 5.69 Å². The van der Waals surface area contributed by atoms with Gasteiger partial charge in [0.15, 0.2) is 0 Å². The molecule has 110 valence electrons. The first kappa shape index (κ1) is 14.8. The van der Waals surface area contributed by atoms with Crippen LogP contribution < -0.4 is 5.32 Å². The van der Waals surface area contributed by atoms with Gasteiger partial charge in [0.1, 0.15) is 5.76 Å². The predicted octanol–water partition coefficient (Wildman–Crippen LogP) is 3.55. The number of carboxylic acids is 1. The Morgan fingerprint density at radius 3 is 2.48 bits per heavy atom. The second kappa shape index (κ2) is 5.83. The Bertz CT molecular complexity index is 685. The number of benzene rings is 1. The molecule has 2 N–H and O–H groups in total. The molecule has 0 aliphatic rings. The van der Waals surface area contributed by atoms with Gasteiger partial charge in [-0.3, -0.25) is 4.79 Å². The number of anilines is 1. The minimum absolute atomic E-state index is 0.0736. The first-order valence-electron chi connectivity index (χ1n) is 6.63. The molecule has 1 aromatic heterocycles. The quantitative estimate of drug-likeness (QED) is 0.901. The minimum atomic E-state index is -1.11. The van der Waals surface area contributed by atoms with Crippen molar-refractivity contribution in [1.29, 1.82) is 0 Å². The maximum absolute atomic E-state index is 11.7. The number of carbonyl (C=O) groups excluding carboxylic acids is 1. The molecule has 0 fully saturated rings.